The quantitative estimate of drug-likeness (QED) is 0.560. The first-order valence-corrected chi connectivity index (χ1v) is 9.99. The third-order valence-corrected chi connectivity index (χ3v) is 5.58. The third kappa shape index (κ3) is 4.18. The van der Waals surface area contributed by atoms with Crippen LogP contribution in [0.15, 0.2) is 40.1 Å². The molecule has 0 aliphatic heterocycles. The van der Waals surface area contributed by atoms with E-state index in [0.29, 0.717) is 28.2 Å². The van der Waals surface area contributed by atoms with Crippen LogP contribution in [0.2, 0.25) is 5.02 Å². The summed E-state index contributed by atoms with van der Waals surface area (Å²) in [7, 11) is 1.54. The van der Waals surface area contributed by atoms with E-state index in [1.54, 1.807) is 31.6 Å². The molecule has 2 aromatic heterocycles. The first kappa shape index (κ1) is 20.3. The Balaban J connectivity index is 1.73. The molecule has 2 heterocycles. The molecule has 0 aliphatic rings. The molecule has 1 N–H and O–H groups in total. The van der Waals surface area contributed by atoms with Crippen molar-refractivity contribution in [3.05, 3.63) is 41.3 Å². The molecule has 0 spiro atoms. The highest BCUT2D eigenvalue weighted by Crippen LogP contribution is 2.30. The van der Waals surface area contributed by atoms with Crippen LogP contribution in [0, 0.1) is 6.92 Å². The van der Waals surface area contributed by atoms with Crippen LogP contribution in [-0.4, -0.2) is 33.0 Å². The van der Waals surface area contributed by atoms with E-state index in [9.17, 15) is 4.79 Å². The van der Waals surface area contributed by atoms with E-state index in [1.165, 1.54) is 11.8 Å². The molecule has 148 valence electrons. The molecule has 0 unspecified atom stereocenters. The van der Waals surface area contributed by atoms with Crippen LogP contribution in [0.3, 0.4) is 0 Å². The number of nitrogens with zero attached hydrogens (tertiary/aromatic N) is 3. The summed E-state index contributed by atoms with van der Waals surface area (Å²) in [5.41, 5.74) is 1.50. The molecule has 3 rings (SSSR count). The highest BCUT2D eigenvalue weighted by atomic mass is 35.5. The van der Waals surface area contributed by atoms with Crippen molar-refractivity contribution in [3.63, 3.8) is 0 Å². The minimum atomic E-state index is -0.381. The van der Waals surface area contributed by atoms with Crippen LogP contribution in [0.4, 0.5) is 5.69 Å². The van der Waals surface area contributed by atoms with Gasteiger partial charge in [0.05, 0.1) is 29.2 Å². The number of hydrogen-bond acceptors (Lipinski definition) is 6. The maximum atomic E-state index is 12.6. The number of rotatable bonds is 7. The van der Waals surface area contributed by atoms with Crippen LogP contribution < -0.4 is 10.1 Å². The van der Waals surface area contributed by atoms with Gasteiger partial charge in [-0.05, 0) is 45.0 Å². The zero-order valence-electron chi connectivity index (χ0n) is 16.0. The number of benzene rings is 1. The monoisotopic (exact) mass is 420 g/mol. The largest absolute Gasteiger partial charge is 0.495 e. The Morgan fingerprint density at radius 1 is 1.39 bits per heavy atom. The topological polar surface area (TPSA) is 82.2 Å². The summed E-state index contributed by atoms with van der Waals surface area (Å²) in [5, 5.41) is 12.1. The lowest BCUT2D eigenvalue weighted by Crippen LogP contribution is -2.23. The van der Waals surface area contributed by atoms with Gasteiger partial charge in [-0.3, -0.25) is 4.79 Å². The molecule has 0 saturated heterocycles. The number of carbonyl (C=O) groups excluding carboxylic acids is 1. The summed E-state index contributed by atoms with van der Waals surface area (Å²) in [6.07, 6.45) is 1.63. The van der Waals surface area contributed by atoms with Gasteiger partial charge >= 0.3 is 0 Å². The summed E-state index contributed by atoms with van der Waals surface area (Å²) < 4.78 is 12.5. The van der Waals surface area contributed by atoms with Crippen molar-refractivity contribution in [1.82, 2.24) is 14.8 Å². The Kier molecular flexibility index (Phi) is 6.31. The first-order valence-electron chi connectivity index (χ1n) is 8.73. The van der Waals surface area contributed by atoms with Gasteiger partial charge < -0.3 is 19.0 Å². The highest BCUT2D eigenvalue weighted by Gasteiger charge is 2.21. The molecular formula is C19H21ClN4O3S. The molecule has 0 radical (unpaired) electrons. The van der Waals surface area contributed by atoms with Crippen LogP contribution in [0.5, 0.6) is 5.75 Å². The average Bonchev–Trinajstić information content (AvgIpc) is 3.27. The smallest absolute Gasteiger partial charge is 0.237 e. The summed E-state index contributed by atoms with van der Waals surface area (Å²) in [6, 6.07) is 6.98. The van der Waals surface area contributed by atoms with Crippen molar-refractivity contribution < 1.29 is 13.9 Å². The molecule has 0 aliphatic carbocycles. The maximum Gasteiger partial charge on any atom is 0.237 e. The summed E-state index contributed by atoms with van der Waals surface area (Å²) in [4.78, 5) is 12.6. The second-order valence-electron chi connectivity index (χ2n) is 6.04. The van der Waals surface area contributed by atoms with E-state index in [4.69, 9.17) is 20.8 Å². The Hall–Kier alpha value is -2.45. The lowest BCUT2D eigenvalue weighted by atomic mass is 10.2. The molecule has 9 heteroatoms. The second kappa shape index (κ2) is 8.70. The average molecular weight is 421 g/mol. The van der Waals surface area contributed by atoms with E-state index in [1.807, 2.05) is 31.4 Å². The Labute approximate surface area is 172 Å². The van der Waals surface area contributed by atoms with Crippen molar-refractivity contribution >= 4 is 35.0 Å². The van der Waals surface area contributed by atoms with E-state index in [2.05, 4.69) is 15.5 Å². The predicted molar refractivity (Wildman–Crippen MR) is 110 cm³/mol. The van der Waals surface area contributed by atoms with Crippen molar-refractivity contribution in [2.45, 2.75) is 37.7 Å². The van der Waals surface area contributed by atoms with E-state index in [-0.39, 0.29) is 11.2 Å². The standard InChI is InChI=1S/C19H21ClN4O3S/c1-5-24-17(14-8-9-27-11(14)2)22-23-19(24)28-12(3)18(25)21-13-6-7-16(26-4)15(20)10-13/h6-10,12H,5H2,1-4H3,(H,21,25)/t12-/m0/s1. The zero-order chi connectivity index (χ0) is 20.3. The number of thioether (sulfide) groups is 1. The molecule has 1 aromatic carbocycles. The van der Waals surface area contributed by atoms with Gasteiger partial charge in [0.15, 0.2) is 11.0 Å². The Morgan fingerprint density at radius 2 is 2.18 bits per heavy atom. The summed E-state index contributed by atoms with van der Waals surface area (Å²) in [5.74, 6) is 1.91. The van der Waals surface area contributed by atoms with Crippen molar-refractivity contribution in [3.8, 4) is 17.1 Å². The lowest BCUT2D eigenvalue weighted by molar-refractivity contribution is -0.115. The Morgan fingerprint density at radius 3 is 2.79 bits per heavy atom. The molecule has 1 atom stereocenters. The van der Waals surface area contributed by atoms with E-state index in [0.717, 1.165) is 17.1 Å². The Bertz CT molecular complexity index is 985. The number of nitrogens with one attached hydrogen (secondary N) is 1. The number of hydrogen-bond donors (Lipinski definition) is 1. The van der Waals surface area contributed by atoms with Crippen LogP contribution in [0.25, 0.3) is 11.4 Å². The number of methoxy groups -OCH3 is 1. The number of aryl methyl sites for hydroxylation is 1. The highest BCUT2D eigenvalue weighted by molar-refractivity contribution is 8.00. The van der Waals surface area contributed by atoms with Crippen molar-refractivity contribution in [2.75, 3.05) is 12.4 Å². The maximum absolute atomic E-state index is 12.6. The second-order valence-corrected chi connectivity index (χ2v) is 7.75. The summed E-state index contributed by atoms with van der Waals surface area (Å²) >= 11 is 7.46. The third-order valence-electron chi connectivity index (χ3n) is 4.20. The van der Waals surface area contributed by atoms with Gasteiger partial charge in [0.1, 0.15) is 11.5 Å². The van der Waals surface area contributed by atoms with Gasteiger partial charge in [-0.2, -0.15) is 0 Å². The molecule has 28 heavy (non-hydrogen) atoms. The van der Waals surface area contributed by atoms with Gasteiger partial charge in [-0.25, -0.2) is 0 Å². The van der Waals surface area contributed by atoms with E-state index >= 15 is 0 Å². The van der Waals surface area contributed by atoms with Gasteiger partial charge in [-0.1, -0.05) is 23.4 Å². The van der Waals surface area contributed by atoms with Gasteiger partial charge in [-0.15, -0.1) is 10.2 Å². The molecular weight excluding hydrogens is 400 g/mol. The normalized spacial score (nSPS) is 12.0. The van der Waals surface area contributed by atoms with Crippen molar-refractivity contribution in [1.29, 1.82) is 0 Å². The fraction of sp³-hybridized carbons (Fsp3) is 0.316. The summed E-state index contributed by atoms with van der Waals surface area (Å²) in [6.45, 7) is 6.39. The molecule has 0 fully saturated rings. The SMILES string of the molecule is CCn1c(S[C@@H](C)C(=O)Nc2ccc(OC)c(Cl)c2)nnc1-c1ccoc1C. The molecule has 0 saturated carbocycles. The van der Waals surface area contributed by atoms with Gasteiger partial charge in [0.25, 0.3) is 0 Å². The number of halogens is 1. The van der Waals surface area contributed by atoms with Gasteiger partial charge in [0, 0.05) is 12.2 Å². The number of carbonyl (C=O) groups is 1. The number of aromatic nitrogens is 3. The van der Waals surface area contributed by atoms with Crippen LogP contribution in [0.1, 0.15) is 19.6 Å². The van der Waals surface area contributed by atoms with E-state index < -0.39 is 0 Å². The van der Waals surface area contributed by atoms with Crippen LogP contribution >= 0.6 is 23.4 Å². The zero-order valence-corrected chi connectivity index (χ0v) is 17.6. The minimum Gasteiger partial charge on any atom is -0.495 e. The predicted octanol–water partition coefficient (Wildman–Crippen LogP) is 4.65. The molecule has 0 bridgehead atoms. The fourth-order valence-corrected chi connectivity index (χ4v) is 3.85. The fourth-order valence-electron chi connectivity index (χ4n) is 2.68. The van der Waals surface area contributed by atoms with Gasteiger partial charge in [0.2, 0.25) is 5.91 Å². The molecule has 1 amide bonds. The number of furan rings is 1. The molecule has 3 aromatic rings. The number of ether oxygens (including phenoxy) is 1. The van der Waals surface area contributed by atoms with Crippen LogP contribution in [-0.2, 0) is 11.3 Å². The molecule has 7 nitrogen and oxygen atoms in total. The van der Waals surface area contributed by atoms with Crippen molar-refractivity contribution in [2.24, 2.45) is 0 Å². The number of amides is 1. The lowest BCUT2D eigenvalue weighted by Gasteiger charge is -2.13. The number of anilines is 1. The first-order chi connectivity index (χ1) is 13.4. The minimum absolute atomic E-state index is 0.155.